The highest BCUT2D eigenvalue weighted by Gasteiger charge is 2.16. The van der Waals surface area contributed by atoms with Gasteiger partial charge in [-0.2, -0.15) is 4.98 Å². The van der Waals surface area contributed by atoms with Gasteiger partial charge < -0.3 is 16.0 Å². The fourth-order valence-electron chi connectivity index (χ4n) is 2.75. The molecule has 0 fully saturated rings. The van der Waals surface area contributed by atoms with Gasteiger partial charge in [-0.1, -0.05) is 35.9 Å². The summed E-state index contributed by atoms with van der Waals surface area (Å²) in [5, 5.41) is 8.86. The van der Waals surface area contributed by atoms with Crippen molar-refractivity contribution in [3.63, 3.8) is 0 Å². The third kappa shape index (κ3) is 3.58. The van der Waals surface area contributed by atoms with Crippen LogP contribution in [0.1, 0.15) is 22.0 Å². The van der Waals surface area contributed by atoms with Crippen molar-refractivity contribution >= 4 is 11.9 Å². The summed E-state index contributed by atoms with van der Waals surface area (Å²) in [7, 11) is 0. The lowest BCUT2D eigenvalue weighted by atomic mass is 10.1. The van der Waals surface area contributed by atoms with E-state index in [4.69, 9.17) is 5.73 Å². The number of H-pyrrole nitrogens is 2. The smallest absolute Gasteiger partial charge is 0.289 e. The number of nitrogens with zero attached hydrogens (tertiary/aromatic N) is 4. The summed E-state index contributed by atoms with van der Waals surface area (Å²) < 4.78 is 0. The minimum Gasteiger partial charge on any atom is -0.366 e. The van der Waals surface area contributed by atoms with Crippen LogP contribution in [0, 0.1) is 6.92 Å². The van der Waals surface area contributed by atoms with Gasteiger partial charge in [0, 0.05) is 11.8 Å². The highest BCUT2D eigenvalue weighted by molar-refractivity contribution is 5.90. The monoisotopic (exact) mass is 374 g/mol. The van der Waals surface area contributed by atoms with Crippen LogP contribution in [0.2, 0.25) is 0 Å². The van der Waals surface area contributed by atoms with E-state index in [0.29, 0.717) is 5.82 Å². The zero-order valence-corrected chi connectivity index (χ0v) is 15.1. The third-order valence-electron chi connectivity index (χ3n) is 4.13. The summed E-state index contributed by atoms with van der Waals surface area (Å²) >= 11 is 0. The molecule has 9 heteroatoms. The lowest BCUT2D eigenvalue weighted by molar-refractivity contribution is 0.0940. The molecule has 9 nitrogen and oxygen atoms in total. The van der Waals surface area contributed by atoms with Crippen LogP contribution in [-0.2, 0) is 6.54 Å². The van der Waals surface area contributed by atoms with Crippen LogP contribution in [0.3, 0.4) is 0 Å². The minimum absolute atomic E-state index is 0.0160. The van der Waals surface area contributed by atoms with Gasteiger partial charge in [-0.3, -0.25) is 14.9 Å². The normalized spacial score (nSPS) is 10.8. The van der Waals surface area contributed by atoms with Crippen molar-refractivity contribution in [1.82, 2.24) is 35.5 Å². The Morgan fingerprint density at radius 2 is 1.96 bits per heavy atom. The van der Waals surface area contributed by atoms with Gasteiger partial charge in [0.2, 0.25) is 11.8 Å². The van der Waals surface area contributed by atoms with Crippen LogP contribution < -0.4 is 11.1 Å². The number of nitrogens with one attached hydrogen (secondary N) is 3. The molecule has 1 aromatic carbocycles. The maximum absolute atomic E-state index is 12.1. The Bertz CT molecular complexity index is 1100. The number of carbonyl (C=O) groups excluding carboxylic acids is 1. The fraction of sp³-hybridized carbons (Fsp3) is 0.105. The number of anilines is 1. The first-order chi connectivity index (χ1) is 13.6. The van der Waals surface area contributed by atoms with E-state index in [1.165, 1.54) is 0 Å². The van der Waals surface area contributed by atoms with Crippen LogP contribution in [0.4, 0.5) is 5.95 Å². The van der Waals surface area contributed by atoms with Crippen molar-refractivity contribution in [2.45, 2.75) is 13.5 Å². The van der Waals surface area contributed by atoms with Gasteiger partial charge in [-0.05, 0) is 19.1 Å². The lowest BCUT2D eigenvalue weighted by Crippen LogP contribution is -2.24. The van der Waals surface area contributed by atoms with Crippen molar-refractivity contribution in [1.29, 1.82) is 0 Å². The molecule has 0 saturated heterocycles. The van der Waals surface area contributed by atoms with Gasteiger partial charge in [-0.15, -0.1) is 5.10 Å². The van der Waals surface area contributed by atoms with Crippen LogP contribution in [-0.4, -0.2) is 36.0 Å². The zero-order chi connectivity index (χ0) is 19.5. The molecule has 3 heterocycles. The number of aromatic amines is 2. The molecule has 0 unspecified atom stereocenters. The van der Waals surface area contributed by atoms with Gasteiger partial charge in [0.15, 0.2) is 0 Å². The molecule has 0 aliphatic carbocycles. The molecule has 0 bridgehead atoms. The number of hydrogen-bond acceptors (Lipinski definition) is 6. The molecule has 28 heavy (non-hydrogen) atoms. The van der Waals surface area contributed by atoms with Crippen LogP contribution >= 0.6 is 0 Å². The summed E-state index contributed by atoms with van der Waals surface area (Å²) in [5.41, 5.74) is 9.88. The average Bonchev–Trinajstić information content (AvgIpc) is 3.34. The Balaban J connectivity index is 1.63. The van der Waals surface area contributed by atoms with E-state index in [1.54, 1.807) is 6.20 Å². The number of aryl methyl sites for hydroxylation is 1. The summed E-state index contributed by atoms with van der Waals surface area (Å²) in [5.74, 6) is 0.240. The molecule has 0 saturated carbocycles. The van der Waals surface area contributed by atoms with Crippen LogP contribution in [0.25, 0.3) is 22.6 Å². The molecule has 0 atom stereocenters. The van der Waals surface area contributed by atoms with Gasteiger partial charge in [0.1, 0.15) is 5.82 Å². The van der Waals surface area contributed by atoms with E-state index in [1.807, 2.05) is 49.4 Å². The Labute approximate surface area is 160 Å². The van der Waals surface area contributed by atoms with Gasteiger partial charge in [-0.25, -0.2) is 4.98 Å². The second kappa shape index (κ2) is 7.31. The molecular formula is C19H18N8O. The summed E-state index contributed by atoms with van der Waals surface area (Å²) in [6.07, 6.45) is 1.73. The molecule has 4 aromatic rings. The summed E-state index contributed by atoms with van der Waals surface area (Å²) in [4.78, 5) is 28.3. The van der Waals surface area contributed by atoms with Crippen molar-refractivity contribution in [3.05, 3.63) is 65.9 Å². The molecule has 4 rings (SSSR count). The molecule has 5 N–H and O–H groups in total. The Morgan fingerprint density at radius 3 is 2.64 bits per heavy atom. The highest BCUT2D eigenvalue weighted by Crippen LogP contribution is 2.29. The topological polar surface area (TPSA) is 138 Å². The first-order valence-electron chi connectivity index (χ1n) is 8.63. The second-order valence-electron chi connectivity index (χ2n) is 6.21. The van der Waals surface area contributed by atoms with E-state index < -0.39 is 5.91 Å². The molecule has 0 aliphatic rings. The minimum atomic E-state index is -0.420. The second-order valence-corrected chi connectivity index (χ2v) is 6.21. The number of benzene rings is 1. The summed E-state index contributed by atoms with van der Waals surface area (Å²) in [6.45, 7) is 2.22. The molecule has 0 aliphatic heterocycles. The maximum atomic E-state index is 12.1. The molecule has 0 radical (unpaired) electrons. The van der Waals surface area contributed by atoms with Gasteiger partial charge in [0.05, 0.1) is 23.6 Å². The van der Waals surface area contributed by atoms with E-state index in [2.05, 4.69) is 35.5 Å². The Hall–Kier alpha value is -4.01. The first-order valence-corrected chi connectivity index (χ1v) is 8.63. The van der Waals surface area contributed by atoms with Gasteiger partial charge >= 0.3 is 0 Å². The first kappa shape index (κ1) is 17.4. The predicted molar refractivity (Wildman–Crippen MR) is 104 cm³/mol. The number of imidazole rings is 1. The number of amides is 1. The van der Waals surface area contributed by atoms with E-state index >= 15 is 0 Å². The lowest BCUT2D eigenvalue weighted by Gasteiger charge is -2.02. The number of hydrogen-bond donors (Lipinski definition) is 4. The van der Waals surface area contributed by atoms with E-state index in [0.717, 1.165) is 28.2 Å². The average molecular weight is 374 g/mol. The van der Waals surface area contributed by atoms with Crippen molar-refractivity contribution in [3.8, 4) is 22.6 Å². The highest BCUT2D eigenvalue weighted by atomic mass is 16.2. The third-order valence-corrected chi connectivity index (χ3v) is 4.13. The van der Waals surface area contributed by atoms with Crippen molar-refractivity contribution in [2.24, 2.45) is 0 Å². The quantitative estimate of drug-likeness (QED) is 0.422. The van der Waals surface area contributed by atoms with Gasteiger partial charge in [0.25, 0.3) is 5.91 Å². The van der Waals surface area contributed by atoms with Crippen LogP contribution in [0.15, 0.2) is 48.7 Å². The number of pyridine rings is 1. The number of aromatic nitrogens is 6. The van der Waals surface area contributed by atoms with Crippen LogP contribution in [0.5, 0.6) is 0 Å². The molecular weight excluding hydrogens is 356 g/mol. The SMILES string of the molecule is Cc1ccc(-c2nc(CNC(=O)c3nc(N)n[nH]3)[nH]c2-c2ccccn2)cc1. The molecule has 140 valence electrons. The number of nitrogens with two attached hydrogens (primary N) is 1. The molecule has 1 amide bonds. The molecule has 3 aromatic heterocycles. The fourth-order valence-corrected chi connectivity index (χ4v) is 2.75. The number of rotatable bonds is 5. The largest absolute Gasteiger partial charge is 0.366 e. The van der Waals surface area contributed by atoms with E-state index in [9.17, 15) is 4.79 Å². The van der Waals surface area contributed by atoms with E-state index in [-0.39, 0.29) is 18.3 Å². The standard InChI is InChI=1S/C19H18N8O/c1-11-5-7-12(8-6-11)15-16(13-4-2-3-9-21-13)24-14(23-15)10-22-18(28)17-25-19(20)27-26-17/h2-9H,10H2,1H3,(H,22,28)(H,23,24)(H3,20,25,26,27). The Kier molecular flexibility index (Phi) is 4.55. The predicted octanol–water partition coefficient (Wildman–Crippen LogP) is 2.08. The maximum Gasteiger partial charge on any atom is 0.289 e. The van der Waals surface area contributed by atoms with Crippen molar-refractivity contribution < 1.29 is 4.79 Å². The van der Waals surface area contributed by atoms with Crippen molar-refractivity contribution in [2.75, 3.05) is 5.73 Å². The zero-order valence-electron chi connectivity index (χ0n) is 15.1. The molecule has 0 spiro atoms. The summed E-state index contributed by atoms with van der Waals surface area (Å²) in [6, 6.07) is 13.8. The number of carbonyl (C=O) groups is 1. The number of nitrogen functional groups attached to an aromatic ring is 1. The Morgan fingerprint density at radius 1 is 1.14 bits per heavy atom.